The van der Waals surface area contributed by atoms with Gasteiger partial charge in [-0.2, -0.15) is 5.10 Å². The van der Waals surface area contributed by atoms with E-state index in [1.54, 1.807) is 22.8 Å². The summed E-state index contributed by atoms with van der Waals surface area (Å²) >= 11 is 0. The molecular formula is C27H26F2N8O4S. The highest BCUT2D eigenvalue weighted by Gasteiger charge is 2.36. The SMILES string of the molecule is CS(=O)(=O)c1ccc(CO/N=C2/C(=O)N(Cc3nc4cc(F)ccc4n3CCN(N)/C=N\N)c3ccc(F)cc32)cc1. The Balaban J connectivity index is 1.43. The molecule has 0 unspecified atom stereocenters. The van der Waals surface area contributed by atoms with Crippen LogP contribution < -0.4 is 16.6 Å². The molecule has 0 fully saturated rings. The van der Waals surface area contributed by atoms with Crippen LogP contribution in [-0.2, 0) is 39.2 Å². The van der Waals surface area contributed by atoms with Gasteiger partial charge in [0.1, 0.15) is 30.4 Å². The number of carbonyl (C=O) groups excluding carboxylic acids is 1. The van der Waals surface area contributed by atoms with Crippen LogP contribution in [-0.4, -0.2) is 53.7 Å². The molecule has 1 aliphatic rings. The summed E-state index contributed by atoms with van der Waals surface area (Å²) in [5, 5.41) is 8.68. The lowest BCUT2D eigenvalue weighted by Crippen LogP contribution is -2.34. The first-order valence-electron chi connectivity index (χ1n) is 12.6. The Morgan fingerprint density at radius 2 is 1.79 bits per heavy atom. The Labute approximate surface area is 239 Å². The summed E-state index contributed by atoms with van der Waals surface area (Å²) in [7, 11) is -3.35. The number of imidazole rings is 1. The van der Waals surface area contributed by atoms with E-state index in [4.69, 9.17) is 16.5 Å². The third-order valence-electron chi connectivity index (χ3n) is 6.58. The third kappa shape index (κ3) is 5.91. The minimum absolute atomic E-state index is 0.0463. The number of carbonyl (C=O) groups is 1. The minimum atomic E-state index is -3.35. The molecule has 0 spiro atoms. The topological polar surface area (TPSA) is 162 Å². The van der Waals surface area contributed by atoms with Crippen LogP contribution in [0, 0.1) is 11.6 Å². The summed E-state index contributed by atoms with van der Waals surface area (Å²) in [4.78, 5) is 25.1. The lowest BCUT2D eigenvalue weighted by Gasteiger charge is -2.19. The Hall–Kier alpha value is -4.89. The van der Waals surface area contributed by atoms with Gasteiger partial charge in [-0.25, -0.2) is 28.0 Å². The first-order valence-corrected chi connectivity index (χ1v) is 14.4. The van der Waals surface area contributed by atoms with E-state index in [2.05, 4.69) is 15.2 Å². The Morgan fingerprint density at radius 3 is 2.50 bits per heavy atom. The molecule has 12 nitrogen and oxygen atoms in total. The molecule has 0 radical (unpaired) electrons. The molecule has 1 amide bonds. The van der Waals surface area contributed by atoms with Gasteiger partial charge in [-0.3, -0.25) is 14.7 Å². The fourth-order valence-corrected chi connectivity index (χ4v) is 5.19. The normalized spacial score (nSPS) is 14.3. The highest BCUT2D eigenvalue weighted by molar-refractivity contribution is 7.90. The van der Waals surface area contributed by atoms with Crippen LogP contribution in [0.4, 0.5) is 14.5 Å². The summed E-state index contributed by atoms with van der Waals surface area (Å²) in [6, 6.07) is 14.1. The second-order valence-corrected chi connectivity index (χ2v) is 11.5. The van der Waals surface area contributed by atoms with E-state index in [1.807, 2.05) is 0 Å². The number of sulfone groups is 1. The first kappa shape index (κ1) is 28.6. The number of hydrazone groups is 1. The number of nitrogens with two attached hydrogens (primary N) is 2. The second-order valence-electron chi connectivity index (χ2n) is 9.50. The number of anilines is 1. The van der Waals surface area contributed by atoms with Crippen molar-refractivity contribution < 1.29 is 26.8 Å². The number of rotatable bonds is 10. The molecule has 4 N–H and O–H groups in total. The van der Waals surface area contributed by atoms with Crippen LogP contribution in [0.2, 0.25) is 0 Å². The monoisotopic (exact) mass is 596 g/mol. The molecule has 2 heterocycles. The highest BCUT2D eigenvalue weighted by atomic mass is 32.2. The number of benzene rings is 3. The van der Waals surface area contributed by atoms with Crippen LogP contribution in [0.1, 0.15) is 17.0 Å². The summed E-state index contributed by atoms with van der Waals surface area (Å²) in [5.74, 6) is 9.87. The predicted octanol–water partition coefficient (Wildman–Crippen LogP) is 2.26. The van der Waals surface area contributed by atoms with Crippen LogP contribution in [0.5, 0.6) is 0 Å². The molecule has 1 aromatic heterocycles. The predicted molar refractivity (Wildman–Crippen MR) is 152 cm³/mol. The van der Waals surface area contributed by atoms with Gasteiger partial charge in [-0.05, 0) is 48.0 Å². The van der Waals surface area contributed by atoms with Crippen molar-refractivity contribution in [2.24, 2.45) is 21.9 Å². The lowest BCUT2D eigenvalue weighted by molar-refractivity contribution is -0.112. The van der Waals surface area contributed by atoms with Crippen molar-refractivity contribution >= 4 is 44.5 Å². The zero-order chi connectivity index (χ0) is 30.0. The average molecular weight is 597 g/mol. The number of halogens is 2. The second kappa shape index (κ2) is 11.5. The van der Waals surface area contributed by atoms with Gasteiger partial charge in [-0.15, -0.1) is 0 Å². The number of aromatic nitrogens is 2. The molecule has 0 atom stereocenters. The average Bonchev–Trinajstić information content (AvgIpc) is 3.40. The Kier molecular flexibility index (Phi) is 7.87. The minimum Gasteiger partial charge on any atom is -0.390 e. The summed E-state index contributed by atoms with van der Waals surface area (Å²) in [6.45, 7) is 0.474. The fourth-order valence-electron chi connectivity index (χ4n) is 4.56. The molecule has 0 aliphatic carbocycles. The van der Waals surface area contributed by atoms with Crippen LogP contribution in [0.3, 0.4) is 0 Å². The third-order valence-corrected chi connectivity index (χ3v) is 7.70. The number of oxime groups is 1. The number of hydrogen-bond acceptors (Lipinski definition) is 9. The molecule has 1 aliphatic heterocycles. The zero-order valence-corrected chi connectivity index (χ0v) is 23.1. The molecule has 4 aromatic rings. The molecule has 15 heteroatoms. The fraction of sp³-hybridized carbons (Fsp3) is 0.185. The maximum Gasteiger partial charge on any atom is 0.281 e. The number of hydrazine groups is 1. The standard InChI is InChI=1S/C27H26F2N8O4S/c1-42(39,40)20-6-2-17(3-7-20)15-41-34-26-21-12-18(28)4-8-23(21)37(27(26)38)14-25-33-22-13-19(29)5-9-24(22)36(25)11-10-35(31)16-32-30/h2-9,12-13,16H,10-11,14-15,30-31H2,1H3/b32-16-,34-26+. The number of hydrogen-bond donors (Lipinski definition) is 2. The smallest absolute Gasteiger partial charge is 0.281 e. The highest BCUT2D eigenvalue weighted by Crippen LogP contribution is 2.32. The Bertz CT molecular complexity index is 1820. The maximum atomic E-state index is 14.3. The van der Waals surface area contributed by atoms with Crippen LogP contribution in [0.15, 0.2) is 75.8 Å². The van der Waals surface area contributed by atoms with Crippen molar-refractivity contribution in [1.82, 2.24) is 14.6 Å². The van der Waals surface area contributed by atoms with Gasteiger partial charge in [-0.1, -0.05) is 17.3 Å². The van der Waals surface area contributed by atoms with Crippen molar-refractivity contribution in [2.45, 2.75) is 24.6 Å². The number of nitrogens with zero attached hydrogens (tertiary/aromatic N) is 6. The van der Waals surface area contributed by atoms with E-state index in [0.29, 0.717) is 34.7 Å². The van der Waals surface area contributed by atoms with E-state index < -0.39 is 27.4 Å². The van der Waals surface area contributed by atoms with Gasteiger partial charge in [0.05, 0.1) is 34.7 Å². The van der Waals surface area contributed by atoms with E-state index >= 15 is 0 Å². The van der Waals surface area contributed by atoms with E-state index in [-0.39, 0.29) is 35.9 Å². The molecule has 0 bridgehead atoms. The molecular weight excluding hydrogens is 570 g/mol. The molecule has 3 aromatic carbocycles. The lowest BCUT2D eigenvalue weighted by atomic mass is 10.1. The number of fused-ring (bicyclic) bond motifs is 2. The van der Waals surface area contributed by atoms with Gasteiger partial charge in [0.15, 0.2) is 15.5 Å². The molecule has 0 saturated carbocycles. The van der Waals surface area contributed by atoms with Gasteiger partial charge in [0.25, 0.3) is 5.91 Å². The van der Waals surface area contributed by atoms with Gasteiger partial charge in [0, 0.05) is 24.4 Å². The van der Waals surface area contributed by atoms with Gasteiger partial charge >= 0.3 is 0 Å². The summed E-state index contributed by atoms with van der Waals surface area (Å²) in [5.41, 5.74) is 2.12. The van der Waals surface area contributed by atoms with E-state index in [0.717, 1.165) is 6.26 Å². The summed E-state index contributed by atoms with van der Waals surface area (Å²) in [6.07, 6.45) is 2.35. The van der Waals surface area contributed by atoms with Crippen molar-refractivity contribution in [3.05, 3.63) is 89.2 Å². The Morgan fingerprint density at radius 1 is 1.07 bits per heavy atom. The zero-order valence-electron chi connectivity index (χ0n) is 22.3. The summed E-state index contributed by atoms with van der Waals surface area (Å²) < 4.78 is 53.4. The molecule has 42 heavy (non-hydrogen) atoms. The maximum absolute atomic E-state index is 14.3. The van der Waals surface area contributed by atoms with Crippen molar-refractivity contribution in [3.8, 4) is 0 Å². The number of amides is 1. The van der Waals surface area contributed by atoms with Gasteiger partial charge < -0.3 is 15.2 Å². The van der Waals surface area contributed by atoms with Gasteiger partial charge in [0.2, 0.25) is 0 Å². The van der Waals surface area contributed by atoms with Crippen molar-refractivity contribution in [1.29, 1.82) is 0 Å². The van der Waals surface area contributed by atoms with E-state index in [9.17, 15) is 22.0 Å². The molecule has 5 rings (SSSR count). The van der Waals surface area contributed by atoms with Crippen molar-refractivity contribution in [2.75, 3.05) is 17.7 Å². The quantitative estimate of drug-likeness (QED) is 0.122. The molecule has 0 saturated heterocycles. The van der Waals surface area contributed by atoms with Crippen LogP contribution >= 0.6 is 0 Å². The largest absolute Gasteiger partial charge is 0.390 e. The molecule has 218 valence electrons. The van der Waals surface area contributed by atoms with Crippen LogP contribution in [0.25, 0.3) is 11.0 Å². The van der Waals surface area contributed by atoms with E-state index in [1.165, 1.54) is 58.7 Å². The van der Waals surface area contributed by atoms with Crippen molar-refractivity contribution in [3.63, 3.8) is 0 Å². The first-order chi connectivity index (χ1) is 20.0.